The van der Waals surface area contributed by atoms with Crippen molar-refractivity contribution in [3.05, 3.63) is 63.8 Å². The van der Waals surface area contributed by atoms with Crippen molar-refractivity contribution in [1.82, 2.24) is 0 Å². The van der Waals surface area contributed by atoms with Gasteiger partial charge in [-0.25, -0.2) is 0 Å². The Hall–Kier alpha value is -1.97. The van der Waals surface area contributed by atoms with Gasteiger partial charge in [0.25, 0.3) is 5.91 Å². The first-order valence-electron chi connectivity index (χ1n) is 6.29. The molecule has 1 N–H and O–H groups in total. The normalized spacial score (nSPS) is 10.8. The Balaban J connectivity index is 1.87. The molecule has 0 saturated heterocycles. The lowest BCUT2D eigenvalue weighted by Gasteiger charge is -2.05. The molecule has 0 fully saturated rings. The number of benzene rings is 2. The summed E-state index contributed by atoms with van der Waals surface area (Å²) in [5.41, 5.74) is 2.19. The van der Waals surface area contributed by atoms with Crippen LogP contribution in [-0.2, 0) is 0 Å². The highest BCUT2D eigenvalue weighted by atomic mass is 35.5. The van der Waals surface area contributed by atoms with E-state index in [0.717, 1.165) is 10.9 Å². The number of aryl methyl sites for hydroxylation is 1. The Kier molecular flexibility index (Phi) is 3.62. The van der Waals surface area contributed by atoms with Crippen LogP contribution in [0.4, 0.5) is 5.69 Å². The molecule has 3 rings (SSSR count). The summed E-state index contributed by atoms with van der Waals surface area (Å²) in [4.78, 5) is 12.2. The summed E-state index contributed by atoms with van der Waals surface area (Å²) < 4.78 is 5.51. The van der Waals surface area contributed by atoms with Gasteiger partial charge in [0.2, 0.25) is 0 Å². The second-order valence-electron chi connectivity index (χ2n) is 4.71. The van der Waals surface area contributed by atoms with Crippen LogP contribution < -0.4 is 5.32 Å². The van der Waals surface area contributed by atoms with E-state index >= 15 is 0 Å². The molecule has 5 heteroatoms. The summed E-state index contributed by atoms with van der Waals surface area (Å²) >= 11 is 11.9. The first kappa shape index (κ1) is 14.0. The highest BCUT2D eigenvalue weighted by Gasteiger charge is 2.13. The molecule has 0 aliphatic rings. The highest BCUT2D eigenvalue weighted by molar-refractivity contribution is 6.32. The van der Waals surface area contributed by atoms with Crippen LogP contribution in [0.1, 0.15) is 16.1 Å². The number of fused-ring (bicyclic) bond motifs is 1. The van der Waals surface area contributed by atoms with Gasteiger partial charge in [0, 0.05) is 21.1 Å². The van der Waals surface area contributed by atoms with Crippen molar-refractivity contribution >= 4 is 45.8 Å². The maximum atomic E-state index is 12.2. The van der Waals surface area contributed by atoms with E-state index in [1.54, 1.807) is 36.4 Å². The standard InChI is InChI=1S/C16H11Cl2NO2/c1-9-2-4-12(8-13(9)18)19-16(20)15-7-10-6-11(17)3-5-14(10)21-15/h2-8H,1H3,(H,19,20). The van der Waals surface area contributed by atoms with Crippen molar-refractivity contribution in [2.24, 2.45) is 0 Å². The quantitative estimate of drug-likeness (QED) is 0.696. The van der Waals surface area contributed by atoms with Crippen LogP contribution in [0.5, 0.6) is 0 Å². The van der Waals surface area contributed by atoms with Gasteiger partial charge in [-0.1, -0.05) is 29.3 Å². The summed E-state index contributed by atoms with van der Waals surface area (Å²) in [6.07, 6.45) is 0. The van der Waals surface area contributed by atoms with E-state index in [2.05, 4.69) is 5.32 Å². The number of halogens is 2. The Labute approximate surface area is 131 Å². The van der Waals surface area contributed by atoms with E-state index in [1.165, 1.54) is 0 Å². The minimum absolute atomic E-state index is 0.226. The first-order chi connectivity index (χ1) is 10.0. The van der Waals surface area contributed by atoms with E-state index in [9.17, 15) is 4.79 Å². The number of nitrogens with one attached hydrogen (secondary N) is 1. The van der Waals surface area contributed by atoms with Crippen molar-refractivity contribution in [3.8, 4) is 0 Å². The largest absolute Gasteiger partial charge is 0.451 e. The fraction of sp³-hybridized carbons (Fsp3) is 0.0625. The molecule has 1 aromatic heterocycles. The van der Waals surface area contributed by atoms with E-state index in [-0.39, 0.29) is 11.7 Å². The summed E-state index contributed by atoms with van der Waals surface area (Å²) in [6, 6.07) is 12.2. The molecule has 2 aromatic carbocycles. The molecule has 1 heterocycles. The van der Waals surface area contributed by atoms with Gasteiger partial charge in [-0.15, -0.1) is 0 Å². The molecule has 0 atom stereocenters. The smallest absolute Gasteiger partial charge is 0.291 e. The topological polar surface area (TPSA) is 42.2 Å². The summed E-state index contributed by atoms with van der Waals surface area (Å²) in [5, 5.41) is 4.74. The average molecular weight is 320 g/mol. The Morgan fingerprint density at radius 1 is 1.10 bits per heavy atom. The maximum Gasteiger partial charge on any atom is 0.291 e. The molecule has 1 amide bonds. The van der Waals surface area contributed by atoms with Crippen LogP contribution in [0.3, 0.4) is 0 Å². The lowest BCUT2D eigenvalue weighted by molar-refractivity contribution is 0.0998. The minimum Gasteiger partial charge on any atom is -0.451 e. The fourth-order valence-corrected chi connectivity index (χ4v) is 2.35. The number of rotatable bonds is 2. The molecular formula is C16H11Cl2NO2. The summed E-state index contributed by atoms with van der Waals surface area (Å²) in [6.45, 7) is 1.90. The second kappa shape index (κ2) is 5.43. The first-order valence-corrected chi connectivity index (χ1v) is 7.05. The SMILES string of the molecule is Cc1ccc(NC(=O)c2cc3cc(Cl)ccc3o2)cc1Cl. The van der Waals surface area contributed by atoms with Crippen LogP contribution in [0.15, 0.2) is 46.9 Å². The van der Waals surface area contributed by atoms with Crippen molar-refractivity contribution in [3.63, 3.8) is 0 Å². The van der Waals surface area contributed by atoms with Crippen molar-refractivity contribution < 1.29 is 9.21 Å². The molecule has 3 nitrogen and oxygen atoms in total. The zero-order valence-corrected chi connectivity index (χ0v) is 12.6. The third-order valence-corrected chi connectivity index (χ3v) is 3.77. The molecule has 0 saturated carbocycles. The van der Waals surface area contributed by atoms with E-state index in [4.69, 9.17) is 27.6 Å². The van der Waals surface area contributed by atoms with Crippen LogP contribution in [-0.4, -0.2) is 5.91 Å². The number of anilines is 1. The maximum absolute atomic E-state index is 12.2. The number of hydrogen-bond donors (Lipinski definition) is 1. The number of carbonyl (C=O) groups is 1. The van der Waals surface area contributed by atoms with E-state index < -0.39 is 0 Å². The fourth-order valence-electron chi connectivity index (χ4n) is 1.99. The zero-order valence-electron chi connectivity index (χ0n) is 11.1. The van der Waals surface area contributed by atoms with Gasteiger partial charge in [0.05, 0.1) is 0 Å². The summed E-state index contributed by atoms with van der Waals surface area (Å²) in [7, 11) is 0. The second-order valence-corrected chi connectivity index (χ2v) is 5.55. The molecule has 0 radical (unpaired) electrons. The number of hydrogen-bond acceptors (Lipinski definition) is 2. The van der Waals surface area contributed by atoms with E-state index in [0.29, 0.717) is 21.3 Å². The molecule has 106 valence electrons. The van der Waals surface area contributed by atoms with Crippen LogP contribution in [0, 0.1) is 6.92 Å². The van der Waals surface area contributed by atoms with Crippen molar-refractivity contribution in [2.75, 3.05) is 5.32 Å². The lowest BCUT2D eigenvalue weighted by Crippen LogP contribution is -2.10. The Morgan fingerprint density at radius 2 is 1.90 bits per heavy atom. The predicted octanol–water partition coefficient (Wildman–Crippen LogP) is 5.30. The molecule has 3 aromatic rings. The molecule has 0 unspecified atom stereocenters. The molecule has 21 heavy (non-hydrogen) atoms. The third kappa shape index (κ3) is 2.89. The van der Waals surface area contributed by atoms with Crippen molar-refractivity contribution in [2.45, 2.75) is 6.92 Å². The van der Waals surface area contributed by atoms with Crippen LogP contribution in [0.2, 0.25) is 10.0 Å². The van der Waals surface area contributed by atoms with Gasteiger partial charge in [0.15, 0.2) is 5.76 Å². The van der Waals surface area contributed by atoms with Gasteiger partial charge in [0.1, 0.15) is 5.58 Å². The van der Waals surface area contributed by atoms with Gasteiger partial charge in [-0.3, -0.25) is 4.79 Å². The Morgan fingerprint density at radius 3 is 2.67 bits per heavy atom. The predicted molar refractivity (Wildman–Crippen MR) is 85.4 cm³/mol. The van der Waals surface area contributed by atoms with Crippen LogP contribution in [0.25, 0.3) is 11.0 Å². The third-order valence-electron chi connectivity index (χ3n) is 3.13. The van der Waals surface area contributed by atoms with Gasteiger partial charge in [-0.05, 0) is 48.9 Å². The molecule has 0 aliphatic carbocycles. The summed E-state index contributed by atoms with van der Waals surface area (Å²) in [5.74, 6) is -0.105. The Bertz CT molecular complexity index is 839. The zero-order chi connectivity index (χ0) is 15.0. The van der Waals surface area contributed by atoms with Gasteiger partial charge in [-0.2, -0.15) is 0 Å². The number of amides is 1. The van der Waals surface area contributed by atoms with Crippen LogP contribution >= 0.6 is 23.2 Å². The highest BCUT2D eigenvalue weighted by Crippen LogP contribution is 2.24. The number of carbonyl (C=O) groups excluding carboxylic acids is 1. The minimum atomic E-state index is -0.331. The number of furan rings is 1. The monoisotopic (exact) mass is 319 g/mol. The van der Waals surface area contributed by atoms with E-state index in [1.807, 2.05) is 13.0 Å². The molecule has 0 bridgehead atoms. The average Bonchev–Trinajstić information content (AvgIpc) is 2.86. The van der Waals surface area contributed by atoms with Gasteiger partial charge >= 0.3 is 0 Å². The molecule has 0 aliphatic heterocycles. The molecular weight excluding hydrogens is 309 g/mol. The lowest BCUT2D eigenvalue weighted by atomic mass is 10.2. The van der Waals surface area contributed by atoms with Gasteiger partial charge < -0.3 is 9.73 Å². The van der Waals surface area contributed by atoms with Crippen molar-refractivity contribution in [1.29, 1.82) is 0 Å². The molecule has 0 spiro atoms.